The van der Waals surface area contributed by atoms with Crippen molar-refractivity contribution in [2.45, 2.75) is 64.3 Å². The van der Waals surface area contributed by atoms with E-state index in [0.29, 0.717) is 44.2 Å². The van der Waals surface area contributed by atoms with Crippen molar-refractivity contribution in [2.75, 3.05) is 13.2 Å². The monoisotopic (exact) mass is 404 g/mol. The maximum Gasteiger partial charge on any atom is 0.306 e. The summed E-state index contributed by atoms with van der Waals surface area (Å²) in [6, 6.07) is 13.4. The first-order valence-electron chi connectivity index (χ1n) is 10.3. The van der Waals surface area contributed by atoms with Gasteiger partial charge in [-0.3, -0.25) is 4.79 Å². The van der Waals surface area contributed by atoms with Crippen LogP contribution in [0.5, 0.6) is 0 Å². The number of hydrogen-bond donors (Lipinski definition) is 2. The second kappa shape index (κ2) is 13.1. The van der Waals surface area contributed by atoms with E-state index in [1.807, 2.05) is 30.3 Å². The number of ether oxygens (including phenoxy) is 2. The van der Waals surface area contributed by atoms with Gasteiger partial charge in [-0.05, 0) is 37.5 Å². The van der Waals surface area contributed by atoms with E-state index in [0.717, 1.165) is 24.8 Å². The van der Waals surface area contributed by atoms with E-state index >= 15 is 0 Å². The molecule has 1 aromatic carbocycles. The van der Waals surface area contributed by atoms with E-state index in [2.05, 4.69) is 0 Å². The predicted octanol–water partition coefficient (Wildman–Crippen LogP) is 3.95. The van der Waals surface area contributed by atoms with Crippen LogP contribution in [0.1, 0.15) is 62.2 Å². The molecule has 0 amide bonds. The summed E-state index contributed by atoms with van der Waals surface area (Å²) in [6.45, 7) is 3.40. The fraction of sp³-hybridized carbons (Fsp3) is 0.522. The minimum atomic E-state index is -1.07. The molecule has 0 saturated heterocycles. The molecular weight excluding hydrogens is 372 g/mol. The predicted molar refractivity (Wildman–Crippen MR) is 109 cm³/mol. The van der Waals surface area contributed by atoms with Gasteiger partial charge in [-0.15, -0.1) is 0 Å². The Labute approximate surface area is 172 Å². The Balaban J connectivity index is 1.58. The fourth-order valence-corrected chi connectivity index (χ4v) is 2.99. The first-order chi connectivity index (χ1) is 14.1. The van der Waals surface area contributed by atoms with Gasteiger partial charge in [0.1, 0.15) is 17.6 Å². The van der Waals surface area contributed by atoms with Crippen LogP contribution in [-0.2, 0) is 27.3 Å². The zero-order valence-corrected chi connectivity index (χ0v) is 17.1. The van der Waals surface area contributed by atoms with Gasteiger partial charge in [-0.1, -0.05) is 43.2 Å². The molecule has 2 atom stereocenters. The third-order valence-corrected chi connectivity index (χ3v) is 4.62. The Hall–Kier alpha value is -2.15. The van der Waals surface area contributed by atoms with Gasteiger partial charge in [0.2, 0.25) is 0 Å². The van der Waals surface area contributed by atoms with Crippen molar-refractivity contribution in [3.63, 3.8) is 0 Å². The zero-order chi connectivity index (χ0) is 20.9. The Morgan fingerprint density at radius 1 is 1.07 bits per heavy atom. The molecule has 0 saturated carbocycles. The number of benzene rings is 1. The van der Waals surface area contributed by atoms with Crippen molar-refractivity contribution < 1.29 is 28.9 Å². The Kier molecular flexibility index (Phi) is 10.5. The van der Waals surface area contributed by atoms with E-state index in [4.69, 9.17) is 13.9 Å². The average molecular weight is 405 g/mol. The first-order valence-corrected chi connectivity index (χ1v) is 10.3. The highest BCUT2D eigenvalue weighted by Crippen LogP contribution is 2.23. The van der Waals surface area contributed by atoms with Crippen LogP contribution in [0.15, 0.2) is 46.9 Å². The number of aryl methyl sites for hydroxylation is 1. The molecule has 1 aromatic heterocycles. The Bertz CT molecular complexity index is 696. The summed E-state index contributed by atoms with van der Waals surface area (Å²) in [5.41, 5.74) is 1.16. The molecule has 0 aliphatic carbocycles. The summed E-state index contributed by atoms with van der Waals surface area (Å²) in [5, 5.41) is 20.5. The van der Waals surface area contributed by atoms with Crippen LogP contribution in [-0.4, -0.2) is 35.5 Å². The second-order valence-corrected chi connectivity index (χ2v) is 7.01. The highest BCUT2D eigenvalue weighted by molar-refractivity contribution is 5.69. The Morgan fingerprint density at radius 3 is 2.62 bits per heavy atom. The number of carbonyl (C=O) groups excluding carboxylic acids is 1. The molecule has 0 fully saturated rings. The SMILES string of the molecule is CCOC(=O)CCc1ccc([C@@H](O)[C@H](O)CCCCCOCc2ccccc2)o1. The van der Waals surface area contributed by atoms with Crippen LogP contribution in [0.4, 0.5) is 0 Å². The number of furan rings is 1. The summed E-state index contributed by atoms with van der Waals surface area (Å²) in [7, 11) is 0. The van der Waals surface area contributed by atoms with Crippen molar-refractivity contribution in [3.05, 3.63) is 59.5 Å². The maximum absolute atomic E-state index is 11.4. The normalized spacial score (nSPS) is 13.2. The van der Waals surface area contributed by atoms with E-state index < -0.39 is 12.2 Å². The van der Waals surface area contributed by atoms with Crippen LogP contribution < -0.4 is 0 Å². The molecule has 0 bridgehead atoms. The average Bonchev–Trinajstić information content (AvgIpc) is 3.21. The molecule has 160 valence electrons. The van der Waals surface area contributed by atoms with Gasteiger partial charge in [0.25, 0.3) is 0 Å². The molecule has 2 aromatic rings. The maximum atomic E-state index is 11.4. The van der Waals surface area contributed by atoms with Gasteiger partial charge in [0.05, 0.1) is 25.7 Å². The molecule has 6 nitrogen and oxygen atoms in total. The van der Waals surface area contributed by atoms with Crippen LogP contribution >= 0.6 is 0 Å². The quantitative estimate of drug-likeness (QED) is 0.366. The van der Waals surface area contributed by atoms with Crippen molar-refractivity contribution in [3.8, 4) is 0 Å². The molecule has 29 heavy (non-hydrogen) atoms. The number of aliphatic hydroxyl groups is 2. The molecule has 0 aliphatic rings. The number of aliphatic hydroxyl groups excluding tert-OH is 2. The standard InChI is InChI=1S/C23H32O6/c1-2-28-22(25)15-13-19-12-14-21(29-19)23(26)20(24)11-7-4-8-16-27-17-18-9-5-3-6-10-18/h3,5-6,9-10,12,14,20,23-24,26H,2,4,7-8,11,13,15-17H2,1H3/t20-,23+/m1/s1. The minimum absolute atomic E-state index is 0.228. The minimum Gasteiger partial charge on any atom is -0.466 e. The van der Waals surface area contributed by atoms with Crippen molar-refractivity contribution >= 4 is 5.97 Å². The zero-order valence-electron chi connectivity index (χ0n) is 17.1. The van der Waals surface area contributed by atoms with Gasteiger partial charge in [-0.2, -0.15) is 0 Å². The van der Waals surface area contributed by atoms with E-state index in [-0.39, 0.29) is 12.4 Å². The van der Waals surface area contributed by atoms with Gasteiger partial charge < -0.3 is 24.1 Å². The van der Waals surface area contributed by atoms with Crippen LogP contribution in [0.25, 0.3) is 0 Å². The smallest absolute Gasteiger partial charge is 0.306 e. The van der Waals surface area contributed by atoms with Crippen LogP contribution in [0.3, 0.4) is 0 Å². The third-order valence-electron chi connectivity index (χ3n) is 4.62. The molecule has 2 rings (SSSR count). The molecule has 0 aliphatic heterocycles. The summed E-state index contributed by atoms with van der Waals surface area (Å²) in [6.07, 6.45) is 1.79. The number of esters is 1. The third kappa shape index (κ3) is 8.81. The van der Waals surface area contributed by atoms with Crippen LogP contribution in [0, 0.1) is 0 Å². The summed E-state index contributed by atoms with van der Waals surface area (Å²) in [5.74, 6) is 0.635. The van der Waals surface area contributed by atoms with Crippen molar-refractivity contribution in [2.24, 2.45) is 0 Å². The van der Waals surface area contributed by atoms with Crippen molar-refractivity contribution in [1.82, 2.24) is 0 Å². The topological polar surface area (TPSA) is 89.1 Å². The summed E-state index contributed by atoms with van der Waals surface area (Å²) >= 11 is 0. The summed E-state index contributed by atoms with van der Waals surface area (Å²) in [4.78, 5) is 11.4. The van der Waals surface area contributed by atoms with E-state index in [1.165, 1.54) is 0 Å². The fourth-order valence-electron chi connectivity index (χ4n) is 2.99. The second-order valence-electron chi connectivity index (χ2n) is 7.01. The number of unbranched alkanes of at least 4 members (excludes halogenated alkanes) is 2. The van der Waals surface area contributed by atoms with Gasteiger partial charge in [-0.25, -0.2) is 0 Å². The lowest BCUT2D eigenvalue weighted by Gasteiger charge is -2.15. The number of carbonyl (C=O) groups is 1. The lowest BCUT2D eigenvalue weighted by atomic mass is 10.0. The van der Waals surface area contributed by atoms with Crippen molar-refractivity contribution in [1.29, 1.82) is 0 Å². The largest absolute Gasteiger partial charge is 0.466 e. The molecule has 6 heteroatoms. The summed E-state index contributed by atoms with van der Waals surface area (Å²) < 4.78 is 16.1. The highest BCUT2D eigenvalue weighted by atomic mass is 16.5. The van der Waals surface area contributed by atoms with Gasteiger partial charge in [0.15, 0.2) is 0 Å². The molecule has 1 heterocycles. The highest BCUT2D eigenvalue weighted by Gasteiger charge is 2.21. The molecule has 2 N–H and O–H groups in total. The lowest BCUT2D eigenvalue weighted by Crippen LogP contribution is -2.17. The van der Waals surface area contributed by atoms with E-state index in [9.17, 15) is 15.0 Å². The van der Waals surface area contributed by atoms with E-state index in [1.54, 1.807) is 19.1 Å². The Morgan fingerprint density at radius 2 is 1.86 bits per heavy atom. The van der Waals surface area contributed by atoms with Crippen LogP contribution in [0.2, 0.25) is 0 Å². The van der Waals surface area contributed by atoms with Gasteiger partial charge in [0, 0.05) is 13.0 Å². The molecular formula is C23H32O6. The molecule has 0 unspecified atom stereocenters. The first kappa shape index (κ1) is 23.1. The number of hydrogen-bond acceptors (Lipinski definition) is 6. The molecule has 0 spiro atoms. The number of rotatable bonds is 14. The molecule has 0 radical (unpaired) electrons. The van der Waals surface area contributed by atoms with Gasteiger partial charge >= 0.3 is 5.97 Å². The lowest BCUT2D eigenvalue weighted by molar-refractivity contribution is -0.143.